The number of nitrogens with zero attached hydrogens (tertiary/aromatic N) is 3. The molecular weight excluding hydrogens is 204 g/mol. The second-order valence-corrected chi connectivity index (χ2v) is 3.34. The maximum absolute atomic E-state index is 9.18. The predicted molar refractivity (Wildman–Crippen MR) is 59.7 cm³/mol. The molecule has 0 amide bonds. The van der Waals surface area contributed by atoms with Crippen LogP contribution in [0.15, 0.2) is 30.5 Å². The van der Waals surface area contributed by atoms with E-state index >= 15 is 0 Å². The lowest BCUT2D eigenvalue weighted by Gasteiger charge is -2.02. The molecule has 2 aromatic rings. The van der Waals surface area contributed by atoms with Crippen molar-refractivity contribution < 1.29 is 5.11 Å². The van der Waals surface area contributed by atoms with Gasteiger partial charge in [-0.2, -0.15) is 5.10 Å². The van der Waals surface area contributed by atoms with Gasteiger partial charge in [-0.05, 0) is 31.3 Å². The fourth-order valence-electron chi connectivity index (χ4n) is 1.34. The summed E-state index contributed by atoms with van der Waals surface area (Å²) in [5.74, 6) is 0.884. The highest BCUT2D eigenvalue weighted by atomic mass is 16.3. The first-order valence-corrected chi connectivity index (χ1v) is 4.92. The second kappa shape index (κ2) is 4.67. The van der Waals surface area contributed by atoms with Crippen LogP contribution in [0.25, 0.3) is 11.3 Å². The number of aromatic nitrogens is 3. The van der Waals surface area contributed by atoms with Crippen molar-refractivity contribution in [2.75, 3.05) is 7.05 Å². The van der Waals surface area contributed by atoms with Crippen molar-refractivity contribution >= 4 is 0 Å². The number of hydrogen-bond donors (Lipinski definition) is 2. The van der Waals surface area contributed by atoms with Crippen LogP contribution in [0.4, 0.5) is 0 Å². The third kappa shape index (κ3) is 2.32. The molecule has 0 bridgehead atoms. The Bertz CT molecular complexity index is 470. The molecule has 82 valence electrons. The van der Waals surface area contributed by atoms with E-state index < -0.39 is 0 Å². The molecule has 5 heteroatoms. The molecule has 2 rings (SSSR count). The SMILES string of the molecule is CNCc1nncc(-c2ccc(O)cc2)n1. The summed E-state index contributed by atoms with van der Waals surface area (Å²) >= 11 is 0. The van der Waals surface area contributed by atoms with Crippen LogP contribution in [0.1, 0.15) is 5.82 Å². The molecule has 5 nitrogen and oxygen atoms in total. The average Bonchev–Trinajstić information content (AvgIpc) is 2.31. The number of nitrogens with one attached hydrogen (secondary N) is 1. The Kier molecular flexibility index (Phi) is 3.07. The van der Waals surface area contributed by atoms with E-state index in [1.54, 1.807) is 30.5 Å². The Morgan fingerprint density at radius 3 is 2.69 bits per heavy atom. The van der Waals surface area contributed by atoms with Crippen molar-refractivity contribution in [3.05, 3.63) is 36.3 Å². The highest BCUT2D eigenvalue weighted by Crippen LogP contribution is 2.18. The first kappa shape index (κ1) is 10.5. The minimum Gasteiger partial charge on any atom is -0.508 e. The monoisotopic (exact) mass is 216 g/mol. The van der Waals surface area contributed by atoms with Crippen LogP contribution in [0, 0.1) is 0 Å². The van der Waals surface area contributed by atoms with Crippen LogP contribution in [0.3, 0.4) is 0 Å². The highest BCUT2D eigenvalue weighted by Gasteiger charge is 2.02. The lowest BCUT2D eigenvalue weighted by Crippen LogP contribution is -2.10. The summed E-state index contributed by atoms with van der Waals surface area (Å²) in [6.07, 6.45) is 1.60. The molecule has 0 saturated carbocycles. The molecule has 0 aliphatic carbocycles. The first-order chi connectivity index (χ1) is 7.79. The third-order valence-electron chi connectivity index (χ3n) is 2.10. The number of aromatic hydroxyl groups is 1. The van der Waals surface area contributed by atoms with E-state index in [-0.39, 0.29) is 5.75 Å². The zero-order valence-electron chi connectivity index (χ0n) is 8.88. The third-order valence-corrected chi connectivity index (χ3v) is 2.10. The summed E-state index contributed by atoms with van der Waals surface area (Å²) in [5.41, 5.74) is 1.66. The zero-order chi connectivity index (χ0) is 11.4. The van der Waals surface area contributed by atoms with E-state index in [1.165, 1.54) is 0 Å². The molecule has 1 heterocycles. The Hall–Kier alpha value is -2.01. The lowest BCUT2D eigenvalue weighted by atomic mass is 10.1. The molecule has 0 atom stereocenters. The van der Waals surface area contributed by atoms with Crippen molar-refractivity contribution in [1.29, 1.82) is 0 Å². The molecule has 0 saturated heterocycles. The first-order valence-electron chi connectivity index (χ1n) is 4.92. The number of benzene rings is 1. The summed E-state index contributed by atoms with van der Waals surface area (Å²) in [5, 5.41) is 19.9. The minimum atomic E-state index is 0.237. The van der Waals surface area contributed by atoms with Gasteiger partial charge in [0.25, 0.3) is 0 Å². The van der Waals surface area contributed by atoms with Crippen molar-refractivity contribution in [1.82, 2.24) is 20.5 Å². The molecule has 16 heavy (non-hydrogen) atoms. The molecule has 0 radical (unpaired) electrons. The number of phenols is 1. The maximum atomic E-state index is 9.18. The number of hydrogen-bond acceptors (Lipinski definition) is 5. The van der Waals surface area contributed by atoms with Crippen molar-refractivity contribution in [2.24, 2.45) is 0 Å². The molecule has 0 fully saturated rings. The van der Waals surface area contributed by atoms with E-state index in [9.17, 15) is 5.11 Å². The van der Waals surface area contributed by atoms with Gasteiger partial charge in [-0.15, -0.1) is 5.10 Å². The van der Waals surface area contributed by atoms with E-state index in [0.717, 1.165) is 11.3 Å². The molecule has 1 aromatic carbocycles. The van der Waals surface area contributed by atoms with Gasteiger partial charge in [0.2, 0.25) is 0 Å². The highest BCUT2D eigenvalue weighted by molar-refractivity contribution is 5.58. The van der Waals surface area contributed by atoms with Crippen molar-refractivity contribution in [2.45, 2.75) is 6.54 Å². The van der Waals surface area contributed by atoms with Crippen LogP contribution in [0.2, 0.25) is 0 Å². The van der Waals surface area contributed by atoms with Crippen molar-refractivity contribution in [3.8, 4) is 17.0 Å². The van der Waals surface area contributed by atoms with Gasteiger partial charge < -0.3 is 10.4 Å². The second-order valence-electron chi connectivity index (χ2n) is 3.34. The number of rotatable bonds is 3. The van der Waals surface area contributed by atoms with E-state index in [0.29, 0.717) is 12.4 Å². The van der Waals surface area contributed by atoms with Gasteiger partial charge in [-0.1, -0.05) is 0 Å². The quantitative estimate of drug-likeness (QED) is 0.799. The summed E-state index contributed by atoms with van der Waals surface area (Å²) in [4.78, 5) is 4.34. The smallest absolute Gasteiger partial charge is 0.165 e. The van der Waals surface area contributed by atoms with Crippen LogP contribution < -0.4 is 5.32 Å². The Morgan fingerprint density at radius 1 is 1.25 bits per heavy atom. The summed E-state index contributed by atoms with van der Waals surface area (Å²) in [7, 11) is 1.83. The number of phenolic OH excluding ortho intramolecular Hbond substituents is 1. The molecular formula is C11H12N4O. The van der Waals surface area contributed by atoms with Gasteiger partial charge in [0, 0.05) is 5.56 Å². The molecule has 0 spiro atoms. The summed E-state index contributed by atoms with van der Waals surface area (Å²) < 4.78 is 0. The van der Waals surface area contributed by atoms with Gasteiger partial charge in [0.05, 0.1) is 18.4 Å². The summed E-state index contributed by atoms with van der Waals surface area (Å²) in [6.45, 7) is 0.582. The van der Waals surface area contributed by atoms with Gasteiger partial charge >= 0.3 is 0 Å². The zero-order valence-corrected chi connectivity index (χ0v) is 8.88. The normalized spacial score (nSPS) is 10.3. The van der Waals surface area contributed by atoms with Gasteiger partial charge in [0.1, 0.15) is 5.75 Å². The van der Waals surface area contributed by atoms with Gasteiger partial charge in [0.15, 0.2) is 5.82 Å². The maximum Gasteiger partial charge on any atom is 0.165 e. The van der Waals surface area contributed by atoms with E-state index in [4.69, 9.17) is 0 Å². The summed E-state index contributed by atoms with van der Waals surface area (Å²) in [6, 6.07) is 6.83. The Morgan fingerprint density at radius 2 is 2.00 bits per heavy atom. The fourth-order valence-corrected chi connectivity index (χ4v) is 1.34. The predicted octanol–water partition coefficient (Wildman–Crippen LogP) is 0.964. The Balaban J connectivity index is 2.32. The standard InChI is InChI=1S/C11H12N4O/c1-12-7-11-14-10(6-13-15-11)8-2-4-9(16)5-3-8/h2-6,12,16H,7H2,1H3. The minimum absolute atomic E-state index is 0.237. The largest absolute Gasteiger partial charge is 0.508 e. The molecule has 1 aromatic heterocycles. The van der Waals surface area contributed by atoms with Crippen LogP contribution in [-0.4, -0.2) is 27.3 Å². The molecule has 0 aliphatic rings. The lowest BCUT2D eigenvalue weighted by molar-refractivity contribution is 0.475. The van der Waals surface area contributed by atoms with E-state index in [1.807, 2.05) is 7.05 Å². The average molecular weight is 216 g/mol. The van der Waals surface area contributed by atoms with Crippen LogP contribution >= 0.6 is 0 Å². The molecule has 0 unspecified atom stereocenters. The fraction of sp³-hybridized carbons (Fsp3) is 0.182. The van der Waals surface area contributed by atoms with Crippen molar-refractivity contribution in [3.63, 3.8) is 0 Å². The molecule has 2 N–H and O–H groups in total. The van der Waals surface area contributed by atoms with Crippen LogP contribution in [-0.2, 0) is 6.54 Å². The van der Waals surface area contributed by atoms with Gasteiger partial charge in [-0.3, -0.25) is 0 Å². The van der Waals surface area contributed by atoms with Gasteiger partial charge in [-0.25, -0.2) is 4.98 Å². The topological polar surface area (TPSA) is 70.9 Å². The van der Waals surface area contributed by atoms with E-state index in [2.05, 4.69) is 20.5 Å². The molecule has 0 aliphatic heterocycles. The van der Waals surface area contributed by atoms with Crippen LogP contribution in [0.5, 0.6) is 5.75 Å². The Labute approximate surface area is 93.2 Å².